The highest BCUT2D eigenvalue weighted by molar-refractivity contribution is 14.0. The molecule has 0 amide bonds. The Morgan fingerprint density at radius 3 is 2.63 bits per heavy atom. The Bertz CT molecular complexity index is 697. The van der Waals surface area contributed by atoms with Crippen LogP contribution in [0.5, 0.6) is 11.5 Å². The number of aliphatic imine (C=N–C) groups is 1. The molecule has 0 spiro atoms. The molecule has 30 heavy (non-hydrogen) atoms. The van der Waals surface area contributed by atoms with Crippen molar-refractivity contribution in [3.8, 4) is 23.8 Å². The van der Waals surface area contributed by atoms with Crippen LogP contribution in [0, 0.1) is 17.8 Å². The first-order valence-corrected chi connectivity index (χ1v) is 10.4. The van der Waals surface area contributed by atoms with E-state index in [9.17, 15) is 0 Å². The average molecular weight is 529 g/mol. The number of terminal acetylenes is 1. The Balaban J connectivity index is 0.00000450. The molecule has 1 fully saturated rings. The van der Waals surface area contributed by atoms with Crippen LogP contribution >= 0.6 is 24.0 Å². The van der Waals surface area contributed by atoms with Crippen molar-refractivity contribution in [3.63, 3.8) is 0 Å². The zero-order chi connectivity index (χ0) is 21.0. The van der Waals surface area contributed by atoms with Gasteiger partial charge in [-0.2, -0.15) is 0 Å². The summed E-state index contributed by atoms with van der Waals surface area (Å²) in [4.78, 5) is 4.38. The second-order valence-electron chi connectivity index (χ2n) is 7.41. The van der Waals surface area contributed by atoms with E-state index in [1.807, 2.05) is 25.1 Å². The zero-order valence-electron chi connectivity index (χ0n) is 18.5. The van der Waals surface area contributed by atoms with E-state index >= 15 is 0 Å². The summed E-state index contributed by atoms with van der Waals surface area (Å²) in [6, 6.07) is 5.83. The van der Waals surface area contributed by atoms with Gasteiger partial charge in [-0.25, -0.2) is 0 Å². The molecule has 0 aliphatic heterocycles. The van der Waals surface area contributed by atoms with E-state index < -0.39 is 0 Å². The summed E-state index contributed by atoms with van der Waals surface area (Å²) < 4.78 is 16.5. The fourth-order valence-corrected chi connectivity index (χ4v) is 3.81. The summed E-state index contributed by atoms with van der Waals surface area (Å²) in [5.41, 5.74) is 1.37. The summed E-state index contributed by atoms with van der Waals surface area (Å²) in [6.07, 6.45) is 11.5. The molecule has 1 aliphatic carbocycles. The summed E-state index contributed by atoms with van der Waals surface area (Å²) >= 11 is 0. The Labute approximate surface area is 198 Å². The van der Waals surface area contributed by atoms with Crippen LogP contribution < -0.4 is 20.1 Å². The van der Waals surface area contributed by atoms with Gasteiger partial charge >= 0.3 is 0 Å². The van der Waals surface area contributed by atoms with Gasteiger partial charge in [0.2, 0.25) is 0 Å². The molecule has 1 aromatic carbocycles. The van der Waals surface area contributed by atoms with E-state index in [1.54, 1.807) is 14.2 Å². The minimum absolute atomic E-state index is 0. The lowest BCUT2D eigenvalue weighted by Crippen LogP contribution is -2.43. The van der Waals surface area contributed by atoms with Crippen molar-refractivity contribution in [1.29, 1.82) is 0 Å². The van der Waals surface area contributed by atoms with Gasteiger partial charge in [-0.1, -0.05) is 24.8 Å². The number of hydrogen-bond acceptors (Lipinski definition) is 4. The third-order valence-electron chi connectivity index (χ3n) is 5.50. The standard InChI is InChI=1S/C23H35N3O3.HI/c1-5-14-29-21-16-19(9-10-20(21)27-4)17-25-22(24-3)26-18-23(11-7-8-12-23)13-15-28-6-2;/h1,9-10,16H,6-8,11-15,17-18H2,2-4H3,(H2,24,25,26);1H. The van der Waals surface area contributed by atoms with Crippen LogP contribution in [-0.4, -0.2) is 46.5 Å². The molecule has 168 valence electrons. The van der Waals surface area contributed by atoms with E-state index in [2.05, 4.69) is 21.5 Å². The van der Waals surface area contributed by atoms with Crippen molar-refractivity contribution < 1.29 is 14.2 Å². The van der Waals surface area contributed by atoms with E-state index in [0.29, 0.717) is 23.5 Å². The highest BCUT2D eigenvalue weighted by atomic mass is 127. The monoisotopic (exact) mass is 529 g/mol. The molecule has 2 rings (SSSR count). The second-order valence-corrected chi connectivity index (χ2v) is 7.41. The first-order valence-electron chi connectivity index (χ1n) is 10.4. The molecule has 0 atom stereocenters. The molecule has 0 radical (unpaired) electrons. The minimum atomic E-state index is 0. The van der Waals surface area contributed by atoms with E-state index in [-0.39, 0.29) is 30.6 Å². The molecule has 0 aromatic heterocycles. The number of hydrogen-bond donors (Lipinski definition) is 2. The molecule has 1 saturated carbocycles. The van der Waals surface area contributed by atoms with Crippen LogP contribution in [0.25, 0.3) is 0 Å². The summed E-state index contributed by atoms with van der Waals surface area (Å²) in [5, 5.41) is 6.91. The first kappa shape index (κ1) is 26.4. The van der Waals surface area contributed by atoms with Crippen molar-refractivity contribution >= 4 is 29.9 Å². The quantitative estimate of drug-likeness (QED) is 0.149. The average Bonchev–Trinajstić information content (AvgIpc) is 3.21. The van der Waals surface area contributed by atoms with Crippen LogP contribution in [-0.2, 0) is 11.3 Å². The molecular formula is C23H36IN3O3. The molecule has 0 saturated heterocycles. The van der Waals surface area contributed by atoms with Gasteiger partial charge in [0.25, 0.3) is 0 Å². The first-order chi connectivity index (χ1) is 14.2. The Kier molecular flexibility index (Phi) is 12.6. The van der Waals surface area contributed by atoms with E-state index in [0.717, 1.165) is 37.7 Å². The van der Waals surface area contributed by atoms with Gasteiger partial charge in [-0.15, -0.1) is 30.4 Å². The van der Waals surface area contributed by atoms with Crippen LogP contribution in [0.3, 0.4) is 0 Å². The number of methoxy groups -OCH3 is 1. The third kappa shape index (κ3) is 8.23. The van der Waals surface area contributed by atoms with Crippen LogP contribution in [0.1, 0.15) is 44.6 Å². The number of halogens is 1. The van der Waals surface area contributed by atoms with Gasteiger partial charge in [0, 0.05) is 33.4 Å². The lowest BCUT2D eigenvalue weighted by Gasteiger charge is -2.30. The highest BCUT2D eigenvalue weighted by Crippen LogP contribution is 2.40. The number of guanidine groups is 1. The maximum absolute atomic E-state index is 5.61. The smallest absolute Gasteiger partial charge is 0.191 e. The minimum Gasteiger partial charge on any atom is -0.493 e. The molecule has 7 heteroatoms. The van der Waals surface area contributed by atoms with Crippen molar-refractivity contribution in [3.05, 3.63) is 23.8 Å². The zero-order valence-corrected chi connectivity index (χ0v) is 20.8. The molecule has 0 heterocycles. The second kappa shape index (κ2) is 14.4. The fourth-order valence-electron chi connectivity index (χ4n) is 3.81. The normalized spacial score (nSPS) is 15.1. The van der Waals surface area contributed by atoms with Crippen molar-refractivity contribution in [2.24, 2.45) is 10.4 Å². The van der Waals surface area contributed by atoms with Crippen molar-refractivity contribution in [2.45, 2.75) is 45.6 Å². The SMILES string of the molecule is C#CCOc1cc(CNC(=NC)NCC2(CCOCC)CCCC2)ccc1OC.I. The Morgan fingerprint density at radius 1 is 1.23 bits per heavy atom. The van der Waals surface area contributed by atoms with Crippen molar-refractivity contribution in [1.82, 2.24) is 10.6 Å². The third-order valence-corrected chi connectivity index (χ3v) is 5.50. The molecule has 1 aliphatic rings. The van der Waals surface area contributed by atoms with Crippen LogP contribution in [0.2, 0.25) is 0 Å². The van der Waals surface area contributed by atoms with Crippen LogP contribution in [0.15, 0.2) is 23.2 Å². The maximum Gasteiger partial charge on any atom is 0.191 e. The predicted molar refractivity (Wildman–Crippen MR) is 133 cm³/mol. The molecule has 2 N–H and O–H groups in total. The van der Waals surface area contributed by atoms with E-state index in [1.165, 1.54) is 25.7 Å². The lowest BCUT2D eigenvalue weighted by molar-refractivity contribution is 0.105. The van der Waals surface area contributed by atoms with Gasteiger partial charge in [0.1, 0.15) is 6.61 Å². The van der Waals surface area contributed by atoms with Gasteiger partial charge in [-0.3, -0.25) is 4.99 Å². The Morgan fingerprint density at radius 2 is 2.00 bits per heavy atom. The Hall–Kier alpha value is -1.66. The van der Waals surface area contributed by atoms with Gasteiger partial charge in [0.15, 0.2) is 17.5 Å². The van der Waals surface area contributed by atoms with E-state index in [4.69, 9.17) is 20.6 Å². The molecule has 0 unspecified atom stereocenters. The van der Waals surface area contributed by atoms with Gasteiger partial charge < -0.3 is 24.8 Å². The summed E-state index contributed by atoms with van der Waals surface area (Å²) in [7, 11) is 3.42. The lowest BCUT2D eigenvalue weighted by atomic mass is 9.83. The largest absolute Gasteiger partial charge is 0.493 e. The van der Waals surface area contributed by atoms with Gasteiger partial charge in [0.05, 0.1) is 7.11 Å². The molecule has 0 bridgehead atoms. The number of rotatable bonds is 11. The predicted octanol–water partition coefficient (Wildman–Crippen LogP) is 3.98. The molecule has 6 nitrogen and oxygen atoms in total. The molecular weight excluding hydrogens is 493 g/mol. The number of nitrogens with zero attached hydrogens (tertiary/aromatic N) is 1. The maximum atomic E-state index is 5.61. The number of nitrogens with one attached hydrogen (secondary N) is 2. The van der Waals surface area contributed by atoms with Crippen molar-refractivity contribution in [2.75, 3.05) is 40.5 Å². The number of ether oxygens (including phenoxy) is 3. The number of benzene rings is 1. The van der Waals surface area contributed by atoms with Crippen LogP contribution in [0.4, 0.5) is 0 Å². The van der Waals surface area contributed by atoms with Gasteiger partial charge in [-0.05, 0) is 49.3 Å². The summed E-state index contributed by atoms with van der Waals surface area (Å²) in [6.45, 7) is 5.41. The topological polar surface area (TPSA) is 64.1 Å². The fraction of sp³-hybridized carbons (Fsp3) is 0.609. The molecule has 1 aromatic rings. The summed E-state index contributed by atoms with van der Waals surface area (Å²) in [5.74, 6) is 4.60. The highest BCUT2D eigenvalue weighted by Gasteiger charge is 2.33.